The molecule has 88 valence electrons. The number of hydrogen-bond donors (Lipinski definition) is 2. The fourth-order valence-electron chi connectivity index (χ4n) is 1.18. The first kappa shape index (κ1) is 12.0. The molecule has 0 saturated carbocycles. The van der Waals surface area contributed by atoms with Gasteiger partial charge in [-0.25, -0.2) is 4.98 Å². The summed E-state index contributed by atoms with van der Waals surface area (Å²) in [6, 6.07) is 0. The summed E-state index contributed by atoms with van der Waals surface area (Å²) in [5.41, 5.74) is 5.08. The standard InChI is InChI=1S/C9H14N4O3/c1-3-16-6(14)4-13(2)8-7(10)9(15)12-5-11-8/h5H,3-4,10H2,1-2H3,(H,11,12,15). The van der Waals surface area contributed by atoms with Crippen molar-refractivity contribution in [2.45, 2.75) is 6.92 Å². The predicted molar refractivity (Wildman–Crippen MR) is 59.2 cm³/mol. The summed E-state index contributed by atoms with van der Waals surface area (Å²) < 4.78 is 4.77. The van der Waals surface area contributed by atoms with Crippen molar-refractivity contribution in [2.75, 3.05) is 30.8 Å². The Bertz CT molecular complexity index is 429. The van der Waals surface area contributed by atoms with Crippen LogP contribution in [0.5, 0.6) is 0 Å². The monoisotopic (exact) mass is 226 g/mol. The van der Waals surface area contributed by atoms with Crippen molar-refractivity contribution >= 4 is 17.5 Å². The molecule has 0 aliphatic carbocycles. The summed E-state index contributed by atoms with van der Waals surface area (Å²) in [5, 5.41) is 0. The van der Waals surface area contributed by atoms with E-state index in [-0.39, 0.29) is 18.1 Å². The van der Waals surface area contributed by atoms with E-state index in [0.29, 0.717) is 6.61 Å². The van der Waals surface area contributed by atoms with Crippen LogP contribution in [0, 0.1) is 0 Å². The maximum atomic E-state index is 11.2. The average molecular weight is 226 g/mol. The van der Waals surface area contributed by atoms with E-state index in [1.165, 1.54) is 11.2 Å². The van der Waals surface area contributed by atoms with Crippen molar-refractivity contribution in [2.24, 2.45) is 0 Å². The number of likely N-dealkylation sites (N-methyl/N-ethyl adjacent to an activating group) is 1. The number of carbonyl (C=O) groups is 1. The molecule has 0 atom stereocenters. The minimum absolute atomic E-state index is 0.00546. The van der Waals surface area contributed by atoms with Crippen molar-refractivity contribution in [1.29, 1.82) is 0 Å². The van der Waals surface area contributed by atoms with Gasteiger partial charge in [0.05, 0.1) is 12.9 Å². The molecule has 0 aromatic carbocycles. The lowest BCUT2D eigenvalue weighted by molar-refractivity contribution is -0.141. The van der Waals surface area contributed by atoms with Crippen LogP contribution in [0.25, 0.3) is 0 Å². The Hall–Kier alpha value is -2.05. The summed E-state index contributed by atoms with van der Waals surface area (Å²) in [5.74, 6) is -0.136. The normalized spacial score (nSPS) is 9.88. The van der Waals surface area contributed by atoms with E-state index in [1.807, 2.05) is 0 Å². The maximum Gasteiger partial charge on any atom is 0.325 e. The number of aromatic amines is 1. The molecule has 1 rings (SSSR count). The zero-order valence-corrected chi connectivity index (χ0v) is 9.19. The molecule has 16 heavy (non-hydrogen) atoms. The third kappa shape index (κ3) is 2.72. The molecule has 1 aromatic rings. The number of carbonyl (C=O) groups excluding carboxylic acids is 1. The number of H-pyrrole nitrogens is 1. The van der Waals surface area contributed by atoms with E-state index in [9.17, 15) is 9.59 Å². The third-order valence-electron chi connectivity index (χ3n) is 1.90. The van der Waals surface area contributed by atoms with Gasteiger partial charge in [0.1, 0.15) is 12.2 Å². The zero-order chi connectivity index (χ0) is 12.1. The summed E-state index contributed by atoms with van der Waals surface area (Å²) in [6.07, 6.45) is 1.23. The number of nitrogens with one attached hydrogen (secondary N) is 1. The Kier molecular flexibility index (Phi) is 3.87. The van der Waals surface area contributed by atoms with Crippen LogP contribution < -0.4 is 16.2 Å². The molecule has 0 spiro atoms. The van der Waals surface area contributed by atoms with E-state index >= 15 is 0 Å². The minimum Gasteiger partial charge on any atom is -0.465 e. The fourth-order valence-corrected chi connectivity index (χ4v) is 1.18. The van der Waals surface area contributed by atoms with Crippen LogP contribution in [-0.4, -0.2) is 36.1 Å². The minimum atomic E-state index is -0.430. The molecule has 1 aromatic heterocycles. The van der Waals surface area contributed by atoms with Crippen molar-refractivity contribution in [3.63, 3.8) is 0 Å². The number of anilines is 2. The number of hydrogen-bond acceptors (Lipinski definition) is 6. The van der Waals surface area contributed by atoms with Crippen molar-refractivity contribution in [3.8, 4) is 0 Å². The molecule has 0 aliphatic rings. The lowest BCUT2D eigenvalue weighted by Gasteiger charge is -2.17. The average Bonchev–Trinajstić information content (AvgIpc) is 2.22. The number of rotatable bonds is 4. The Morgan fingerprint density at radius 1 is 1.69 bits per heavy atom. The second-order valence-electron chi connectivity index (χ2n) is 3.13. The van der Waals surface area contributed by atoms with Gasteiger partial charge in [0.25, 0.3) is 5.56 Å². The Morgan fingerprint density at radius 3 is 3.00 bits per heavy atom. The third-order valence-corrected chi connectivity index (χ3v) is 1.90. The molecule has 0 saturated heterocycles. The molecule has 7 heteroatoms. The summed E-state index contributed by atoms with van der Waals surface area (Å²) in [6.45, 7) is 2.02. The van der Waals surface area contributed by atoms with Crippen LogP contribution in [0.15, 0.2) is 11.1 Å². The molecule has 7 nitrogen and oxygen atoms in total. The molecule has 0 fully saturated rings. The molecule has 0 radical (unpaired) electrons. The van der Waals surface area contributed by atoms with E-state index in [2.05, 4.69) is 9.97 Å². The van der Waals surface area contributed by atoms with E-state index < -0.39 is 11.5 Å². The molecule has 0 unspecified atom stereocenters. The summed E-state index contributed by atoms with van der Waals surface area (Å²) in [4.78, 5) is 30.1. The topological polar surface area (TPSA) is 101 Å². The molecule has 3 N–H and O–H groups in total. The Labute approximate surface area is 92.2 Å². The van der Waals surface area contributed by atoms with Gasteiger partial charge in [-0.15, -0.1) is 0 Å². The second-order valence-corrected chi connectivity index (χ2v) is 3.13. The van der Waals surface area contributed by atoms with Crippen molar-refractivity contribution in [3.05, 3.63) is 16.7 Å². The highest BCUT2D eigenvalue weighted by atomic mass is 16.5. The van der Waals surface area contributed by atoms with Crippen molar-refractivity contribution < 1.29 is 9.53 Å². The van der Waals surface area contributed by atoms with Gasteiger partial charge in [-0.3, -0.25) is 9.59 Å². The molecular weight excluding hydrogens is 212 g/mol. The van der Waals surface area contributed by atoms with Crippen LogP contribution in [-0.2, 0) is 9.53 Å². The number of nitrogen functional groups attached to an aromatic ring is 1. The van der Waals surface area contributed by atoms with Crippen LogP contribution in [0.4, 0.5) is 11.5 Å². The van der Waals surface area contributed by atoms with Gasteiger partial charge in [-0.2, -0.15) is 0 Å². The van der Waals surface area contributed by atoms with E-state index in [0.717, 1.165) is 0 Å². The van der Waals surface area contributed by atoms with Gasteiger partial charge in [-0.05, 0) is 6.92 Å². The quantitative estimate of drug-likeness (QED) is 0.662. The number of nitrogens with zero attached hydrogens (tertiary/aromatic N) is 2. The van der Waals surface area contributed by atoms with Gasteiger partial charge in [0, 0.05) is 7.05 Å². The first-order chi connectivity index (χ1) is 7.56. The lowest BCUT2D eigenvalue weighted by atomic mass is 10.4. The number of esters is 1. The highest BCUT2D eigenvalue weighted by Crippen LogP contribution is 2.12. The smallest absolute Gasteiger partial charge is 0.325 e. The van der Waals surface area contributed by atoms with Crippen LogP contribution in [0.3, 0.4) is 0 Å². The van der Waals surface area contributed by atoms with E-state index in [4.69, 9.17) is 10.5 Å². The largest absolute Gasteiger partial charge is 0.465 e. The van der Waals surface area contributed by atoms with Gasteiger partial charge in [0.2, 0.25) is 0 Å². The van der Waals surface area contributed by atoms with Crippen molar-refractivity contribution in [1.82, 2.24) is 9.97 Å². The maximum absolute atomic E-state index is 11.2. The van der Waals surface area contributed by atoms with Crippen LogP contribution in [0.1, 0.15) is 6.92 Å². The molecular formula is C9H14N4O3. The van der Waals surface area contributed by atoms with Crippen LogP contribution >= 0.6 is 0 Å². The fraction of sp³-hybridized carbons (Fsp3) is 0.444. The lowest BCUT2D eigenvalue weighted by Crippen LogP contribution is -2.30. The predicted octanol–water partition coefficient (Wildman–Crippen LogP) is -0.649. The first-order valence-electron chi connectivity index (χ1n) is 4.76. The van der Waals surface area contributed by atoms with Gasteiger partial charge >= 0.3 is 5.97 Å². The Balaban J connectivity index is 2.81. The zero-order valence-electron chi connectivity index (χ0n) is 9.19. The molecule has 1 heterocycles. The van der Waals surface area contributed by atoms with Gasteiger partial charge in [0.15, 0.2) is 5.82 Å². The van der Waals surface area contributed by atoms with Gasteiger partial charge in [-0.1, -0.05) is 0 Å². The second kappa shape index (κ2) is 5.15. The highest BCUT2D eigenvalue weighted by Gasteiger charge is 2.13. The number of nitrogens with two attached hydrogens (primary N) is 1. The van der Waals surface area contributed by atoms with E-state index in [1.54, 1.807) is 14.0 Å². The van der Waals surface area contributed by atoms with Gasteiger partial charge < -0.3 is 20.4 Å². The molecule has 0 amide bonds. The summed E-state index contributed by atoms with van der Waals surface area (Å²) in [7, 11) is 1.61. The summed E-state index contributed by atoms with van der Waals surface area (Å²) >= 11 is 0. The van der Waals surface area contributed by atoms with Crippen LogP contribution in [0.2, 0.25) is 0 Å². The number of ether oxygens (including phenoxy) is 1. The molecule has 0 bridgehead atoms. The SMILES string of the molecule is CCOC(=O)CN(C)c1nc[nH]c(=O)c1N. The highest BCUT2D eigenvalue weighted by molar-refractivity contribution is 5.76. The first-order valence-corrected chi connectivity index (χ1v) is 4.76. The molecule has 0 aliphatic heterocycles. The number of aromatic nitrogens is 2. The Morgan fingerprint density at radius 2 is 2.38 bits per heavy atom.